The molecule has 2 saturated heterocycles. The fraction of sp³-hybridized carbons (Fsp3) is 0.375. The SMILES string of the molecule is C=C[C@]12OC[C@@H](O)[C@H]1OC[C@H]2Oc1nc2nc(NCc3c(F)cc(OCC(=O)OC)cc3F)c(Cl)cc2[nH]1. The largest absolute Gasteiger partial charge is 0.482 e. The van der Waals surface area contributed by atoms with Crippen molar-refractivity contribution in [1.82, 2.24) is 15.0 Å². The monoisotopic (exact) mass is 552 g/mol. The number of ether oxygens (including phenoxy) is 5. The minimum Gasteiger partial charge on any atom is -0.482 e. The van der Waals surface area contributed by atoms with E-state index in [1.54, 1.807) is 6.08 Å². The molecule has 202 valence electrons. The van der Waals surface area contributed by atoms with Gasteiger partial charge >= 0.3 is 5.97 Å². The molecule has 11 nitrogen and oxygen atoms in total. The molecule has 2 aromatic heterocycles. The van der Waals surface area contributed by atoms with E-state index in [0.29, 0.717) is 5.52 Å². The number of aliphatic hydroxyl groups excluding tert-OH is 1. The number of aromatic amines is 1. The third kappa shape index (κ3) is 4.73. The van der Waals surface area contributed by atoms with Crippen LogP contribution in [0.5, 0.6) is 11.8 Å². The third-order valence-electron chi connectivity index (χ3n) is 6.34. The van der Waals surface area contributed by atoms with Gasteiger partial charge in [0.2, 0.25) is 0 Å². The molecular formula is C24H23ClF2N4O7. The predicted molar refractivity (Wildman–Crippen MR) is 129 cm³/mol. The summed E-state index contributed by atoms with van der Waals surface area (Å²) >= 11 is 6.33. The van der Waals surface area contributed by atoms with Crippen LogP contribution in [0.25, 0.3) is 11.2 Å². The van der Waals surface area contributed by atoms with E-state index < -0.39 is 48.1 Å². The zero-order valence-corrected chi connectivity index (χ0v) is 20.8. The molecule has 0 amide bonds. The summed E-state index contributed by atoms with van der Waals surface area (Å²) in [4.78, 5) is 22.8. The van der Waals surface area contributed by atoms with Crippen LogP contribution in [0.4, 0.5) is 14.6 Å². The van der Waals surface area contributed by atoms with Gasteiger partial charge in [-0.1, -0.05) is 24.3 Å². The van der Waals surface area contributed by atoms with Crippen LogP contribution in [0.3, 0.4) is 0 Å². The molecule has 3 N–H and O–H groups in total. The number of esters is 1. The highest BCUT2D eigenvalue weighted by atomic mass is 35.5. The summed E-state index contributed by atoms with van der Waals surface area (Å²) in [6.07, 6.45) is -0.473. The quantitative estimate of drug-likeness (QED) is 0.268. The molecule has 4 atom stereocenters. The molecule has 38 heavy (non-hydrogen) atoms. The Kier molecular flexibility index (Phi) is 7.09. The van der Waals surface area contributed by atoms with Gasteiger partial charge in [-0.05, 0) is 6.07 Å². The lowest BCUT2D eigenvalue weighted by molar-refractivity contribution is -0.142. The van der Waals surface area contributed by atoms with Gasteiger partial charge in [0.15, 0.2) is 24.0 Å². The van der Waals surface area contributed by atoms with Crippen LogP contribution in [0.2, 0.25) is 5.02 Å². The van der Waals surface area contributed by atoms with Gasteiger partial charge in [0.05, 0.1) is 30.9 Å². The first kappa shape index (κ1) is 26.1. The van der Waals surface area contributed by atoms with Gasteiger partial charge in [-0.25, -0.2) is 18.6 Å². The first-order valence-corrected chi connectivity index (χ1v) is 11.8. The van der Waals surface area contributed by atoms with Crippen LogP contribution in [-0.2, 0) is 25.5 Å². The Balaban J connectivity index is 1.29. The number of rotatable bonds is 9. The molecule has 2 aliphatic heterocycles. The Morgan fingerprint density at radius 2 is 2.11 bits per heavy atom. The van der Waals surface area contributed by atoms with Crippen LogP contribution in [0, 0.1) is 11.6 Å². The van der Waals surface area contributed by atoms with E-state index in [-0.39, 0.29) is 53.6 Å². The molecule has 0 radical (unpaired) electrons. The number of carbonyl (C=O) groups is 1. The van der Waals surface area contributed by atoms with Crippen LogP contribution >= 0.6 is 11.6 Å². The Hall–Kier alpha value is -3.52. The van der Waals surface area contributed by atoms with E-state index >= 15 is 0 Å². The smallest absolute Gasteiger partial charge is 0.343 e. The second kappa shape index (κ2) is 10.3. The lowest BCUT2D eigenvalue weighted by atomic mass is 9.92. The highest BCUT2D eigenvalue weighted by Gasteiger charge is 2.59. The number of fused-ring (bicyclic) bond motifs is 2. The fourth-order valence-corrected chi connectivity index (χ4v) is 4.61. The van der Waals surface area contributed by atoms with E-state index in [9.17, 15) is 18.7 Å². The second-order valence-corrected chi connectivity index (χ2v) is 9.02. The number of carbonyl (C=O) groups excluding carboxylic acids is 1. The van der Waals surface area contributed by atoms with E-state index in [4.69, 9.17) is 30.5 Å². The summed E-state index contributed by atoms with van der Waals surface area (Å²) in [5, 5.41) is 13.1. The molecule has 4 heterocycles. The molecule has 1 aromatic carbocycles. The number of hydrogen-bond acceptors (Lipinski definition) is 10. The van der Waals surface area contributed by atoms with Crippen molar-refractivity contribution in [3.8, 4) is 11.8 Å². The summed E-state index contributed by atoms with van der Waals surface area (Å²) in [6.45, 7) is 3.27. The molecule has 0 unspecified atom stereocenters. The van der Waals surface area contributed by atoms with Crippen LogP contribution in [-0.4, -0.2) is 76.9 Å². The van der Waals surface area contributed by atoms with E-state index in [1.165, 1.54) is 13.2 Å². The summed E-state index contributed by atoms with van der Waals surface area (Å²) in [5.74, 6) is -2.50. The van der Waals surface area contributed by atoms with Gasteiger partial charge < -0.3 is 39.1 Å². The molecular weight excluding hydrogens is 530 g/mol. The lowest BCUT2D eigenvalue weighted by Crippen LogP contribution is -2.47. The molecule has 5 rings (SSSR count). The molecule has 0 saturated carbocycles. The fourth-order valence-electron chi connectivity index (χ4n) is 4.39. The van der Waals surface area contributed by atoms with Crippen molar-refractivity contribution in [2.75, 3.05) is 32.2 Å². The molecule has 14 heteroatoms. The van der Waals surface area contributed by atoms with Gasteiger partial charge in [-0.3, -0.25) is 0 Å². The van der Waals surface area contributed by atoms with Crippen molar-refractivity contribution in [2.45, 2.75) is 30.5 Å². The maximum atomic E-state index is 14.5. The average molecular weight is 553 g/mol. The van der Waals surface area contributed by atoms with E-state index in [1.807, 2.05) is 0 Å². The second-order valence-electron chi connectivity index (χ2n) is 8.61. The first-order chi connectivity index (χ1) is 18.2. The van der Waals surface area contributed by atoms with Crippen LogP contribution < -0.4 is 14.8 Å². The number of methoxy groups -OCH3 is 1. The van der Waals surface area contributed by atoms with Crippen LogP contribution in [0.15, 0.2) is 30.9 Å². The third-order valence-corrected chi connectivity index (χ3v) is 6.63. The lowest BCUT2D eigenvalue weighted by Gasteiger charge is -2.28. The normalized spacial score (nSPS) is 24.3. The number of imidazole rings is 1. The van der Waals surface area contributed by atoms with E-state index in [0.717, 1.165) is 12.1 Å². The van der Waals surface area contributed by atoms with Crippen molar-refractivity contribution >= 4 is 34.6 Å². The van der Waals surface area contributed by atoms with Gasteiger partial charge in [0, 0.05) is 24.2 Å². The molecule has 0 aliphatic carbocycles. The number of hydrogen-bond donors (Lipinski definition) is 3. The number of nitrogens with zero attached hydrogens (tertiary/aromatic N) is 2. The molecule has 2 fully saturated rings. The minimum atomic E-state index is -1.02. The summed E-state index contributed by atoms with van der Waals surface area (Å²) in [6, 6.07) is 3.56. The first-order valence-electron chi connectivity index (χ1n) is 11.5. The number of nitrogens with one attached hydrogen (secondary N) is 2. The number of anilines is 1. The maximum absolute atomic E-state index is 14.5. The maximum Gasteiger partial charge on any atom is 0.343 e. The van der Waals surface area contributed by atoms with Crippen molar-refractivity contribution in [3.05, 3.63) is 53.1 Å². The molecule has 2 aliphatic rings. The van der Waals surface area contributed by atoms with Gasteiger partial charge in [0.1, 0.15) is 35.4 Å². The van der Waals surface area contributed by atoms with Gasteiger partial charge in [-0.2, -0.15) is 4.98 Å². The number of aliphatic hydroxyl groups is 1. The Labute approximate surface area is 219 Å². The number of halogens is 3. The highest BCUT2D eigenvalue weighted by Crippen LogP contribution is 2.40. The Morgan fingerprint density at radius 3 is 2.82 bits per heavy atom. The van der Waals surface area contributed by atoms with Gasteiger partial charge in [0.25, 0.3) is 6.01 Å². The summed E-state index contributed by atoms with van der Waals surface area (Å²) < 4.78 is 55.9. The summed E-state index contributed by atoms with van der Waals surface area (Å²) in [7, 11) is 1.17. The van der Waals surface area contributed by atoms with Crippen molar-refractivity contribution < 1.29 is 42.4 Å². The zero-order chi connectivity index (χ0) is 27.0. The topological polar surface area (TPSA) is 137 Å². The Morgan fingerprint density at radius 1 is 1.34 bits per heavy atom. The molecule has 0 spiro atoms. The predicted octanol–water partition coefficient (Wildman–Crippen LogP) is 2.52. The number of aromatic nitrogens is 3. The molecule has 3 aromatic rings. The minimum absolute atomic E-state index is 0.0906. The highest BCUT2D eigenvalue weighted by molar-refractivity contribution is 6.33. The van der Waals surface area contributed by atoms with Gasteiger partial charge in [-0.15, -0.1) is 0 Å². The Bertz CT molecular complexity index is 1370. The zero-order valence-electron chi connectivity index (χ0n) is 20.0. The van der Waals surface area contributed by atoms with Crippen molar-refractivity contribution in [2.24, 2.45) is 0 Å². The average Bonchev–Trinajstić information content (AvgIpc) is 3.55. The van der Waals surface area contributed by atoms with Crippen LogP contribution in [0.1, 0.15) is 5.56 Å². The summed E-state index contributed by atoms with van der Waals surface area (Å²) in [5.41, 5.74) is -0.626. The number of H-pyrrole nitrogens is 1. The number of pyridine rings is 1. The number of benzene rings is 1. The standard InChI is InChI=1S/C24H23ClF2N4O7/c1-3-24-18(9-36-20(24)17(32)8-37-24)38-23-29-16-6-13(25)21(30-22(16)31-23)28-7-12-14(26)4-11(5-15(12)27)35-10-19(33)34-2/h3-6,17-18,20,32H,1,7-10H2,2H3,(H2,28,29,30,31)/t17-,18-,20-,24-/m1/s1. The molecule has 0 bridgehead atoms. The van der Waals surface area contributed by atoms with E-state index in [2.05, 4.69) is 31.6 Å². The van der Waals surface area contributed by atoms with Crippen molar-refractivity contribution in [1.29, 1.82) is 0 Å². The van der Waals surface area contributed by atoms with Crippen molar-refractivity contribution in [3.63, 3.8) is 0 Å².